The van der Waals surface area contributed by atoms with Gasteiger partial charge in [0.05, 0.1) is 13.2 Å². The summed E-state index contributed by atoms with van der Waals surface area (Å²) in [6.45, 7) is 1.94. The van der Waals surface area contributed by atoms with Crippen LogP contribution in [0.1, 0.15) is 17.2 Å². The molecule has 0 amide bonds. The molecule has 2 rings (SSSR count). The van der Waals surface area contributed by atoms with Gasteiger partial charge in [0.25, 0.3) is 0 Å². The number of benzene rings is 2. The second-order valence-corrected chi connectivity index (χ2v) is 5.60. The third-order valence-electron chi connectivity index (χ3n) is 3.04. The first-order chi connectivity index (χ1) is 9.60. The maximum atomic E-state index is 13.1. The van der Waals surface area contributed by atoms with E-state index in [1.807, 2.05) is 31.2 Å². The lowest BCUT2D eigenvalue weighted by molar-refractivity contribution is 0.203. The largest absolute Gasteiger partial charge is 0.497 e. The van der Waals surface area contributed by atoms with Crippen molar-refractivity contribution in [2.45, 2.75) is 17.9 Å². The monoisotopic (exact) mass is 292 g/mol. The molecule has 0 saturated heterocycles. The standard InChI is InChI=1S/C16H17FO2S/c1-11-8-13(19-2)6-7-15(11)16(18)10-20-14-5-3-4-12(17)9-14/h3-9,16,18H,10H2,1-2H3. The zero-order chi connectivity index (χ0) is 14.5. The van der Waals surface area contributed by atoms with Crippen LogP contribution in [-0.4, -0.2) is 18.0 Å². The Bertz CT molecular complexity index is 586. The Labute approximate surface area is 122 Å². The number of hydrogen-bond donors (Lipinski definition) is 1. The van der Waals surface area contributed by atoms with Crippen LogP contribution in [0.15, 0.2) is 47.4 Å². The lowest BCUT2D eigenvalue weighted by Gasteiger charge is -2.14. The predicted molar refractivity (Wildman–Crippen MR) is 79.8 cm³/mol. The van der Waals surface area contributed by atoms with Crippen molar-refractivity contribution in [3.05, 3.63) is 59.4 Å². The van der Waals surface area contributed by atoms with E-state index < -0.39 is 6.10 Å². The van der Waals surface area contributed by atoms with Crippen LogP contribution in [0, 0.1) is 12.7 Å². The first-order valence-electron chi connectivity index (χ1n) is 6.31. The molecule has 2 aromatic rings. The number of aliphatic hydroxyl groups excluding tert-OH is 1. The highest BCUT2D eigenvalue weighted by molar-refractivity contribution is 7.99. The summed E-state index contributed by atoms with van der Waals surface area (Å²) < 4.78 is 18.2. The second-order valence-electron chi connectivity index (χ2n) is 4.51. The van der Waals surface area contributed by atoms with Crippen LogP contribution in [-0.2, 0) is 0 Å². The van der Waals surface area contributed by atoms with Crippen molar-refractivity contribution >= 4 is 11.8 Å². The molecule has 0 heterocycles. The topological polar surface area (TPSA) is 29.5 Å². The number of aryl methyl sites for hydroxylation is 1. The van der Waals surface area contributed by atoms with Crippen LogP contribution in [0.5, 0.6) is 5.75 Å². The van der Waals surface area contributed by atoms with E-state index in [0.717, 1.165) is 21.8 Å². The molecule has 1 unspecified atom stereocenters. The normalized spacial score (nSPS) is 12.2. The van der Waals surface area contributed by atoms with Gasteiger partial charge in [0.2, 0.25) is 0 Å². The maximum absolute atomic E-state index is 13.1. The van der Waals surface area contributed by atoms with Gasteiger partial charge in [0.1, 0.15) is 11.6 Å². The van der Waals surface area contributed by atoms with Crippen molar-refractivity contribution in [2.75, 3.05) is 12.9 Å². The maximum Gasteiger partial charge on any atom is 0.124 e. The number of thioether (sulfide) groups is 1. The van der Waals surface area contributed by atoms with Gasteiger partial charge in [0.15, 0.2) is 0 Å². The van der Waals surface area contributed by atoms with Crippen LogP contribution >= 0.6 is 11.8 Å². The molecule has 1 N–H and O–H groups in total. The molecule has 106 valence electrons. The number of ether oxygens (including phenoxy) is 1. The van der Waals surface area contributed by atoms with E-state index in [0.29, 0.717) is 5.75 Å². The van der Waals surface area contributed by atoms with Crippen molar-refractivity contribution in [3.8, 4) is 5.75 Å². The van der Waals surface area contributed by atoms with Gasteiger partial charge in [-0.25, -0.2) is 4.39 Å². The van der Waals surface area contributed by atoms with Gasteiger partial charge >= 0.3 is 0 Å². The van der Waals surface area contributed by atoms with E-state index in [1.54, 1.807) is 13.2 Å². The quantitative estimate of drug-likeness (QED) is 0.846. The molecule has 4 heteroatoms. The molecule has 0 spiro atoms. The van der Waals surface area contributed by atoms with E-state index in [1.165, 1.54) is 23.9 Å². The lowest BCUT2D eigenvalue weighted by atomic mass is 10.0. The number of halogens is 1. The van der Waals surface area contributed by atoms with Crippen molar-refractivity contribution in [1.29, 1.82) is 0 Å². The molecule has 0 fully saturated rings. The molecule has 20 heavy (non-hydrogen) atoms. The van der Waals surface area contributed by atoms with Gasteiger partial charge < -0.3 is 9.84 Å². The Kier molecular flexibility index (Phi) is 5.04. The second kappa shape index (κ2) is 6.77. The summed E-state index contributed by atoms with van der Waals surface area (Å²) in [4.78, 5) is 0.815. The lowest BCUT2D eigenvalue weighted by Crippen LogP contribution is -2.03. The summed E-state index contributed by atoms with van der Waals surface area (Å²) >= 11 is 1.43. The zero-order valence-corrected chi connectivity index (χ0v) is 12.3. The number of rotatable bonds is 5. The molecule has 0 saturated carbocycles. The summed E-state index contributed by atoms with van der Waals surface area (Å²) in [5, 5.41) is 10.2. The molecule has 0 aliphatic heterocycles. The number of methoxy groups -OCH3 is 1. The summed E-state index contributed by atoms with van der Waals surface area (Å²) in [6, 6.07) is 12.0. The molecule has 0 aliphatic carbocycles. The van der Waals surface area contributed by atoms with E-state index >= 15 is 0 Å². The summed E-state index contributed by atoms with van der Waals surface area (Å²) in [5.74, 6) is 0.998. The Balaban J connectivity index is 2.03. The van der Waals surface area contributed by atoms with Crippen LogP contribution in [0.2, 0.25) is 0 Å². The molecular formula is C16H17FO2S. The average molecular weight is 292 g/mol. The van der Waals surface area contributed by atoms with E-state index in [4.69, 9.17) is 4.74 Å². The fourth-order valence-corrected chi connectivity index (χ4v) is 2.87. The van der Waals surface area contributed by atoms with Gasteiger partial charge in [-0.1, -0.05) is 12.1 Å². The van der Waals surface area contributed by atoms with E-state index in [-0.39, 0.29) is 5.82 Å². The first kappa shape index (κ1) is 14.9. The van der Waals surface area contributed by atoms with Crippen molar-refractivity contribution < 1.29 is 14.2 Å². The third-order valence-corrected chi connectivity index (χ3v) is 4.11. The molecule has 1 atom stereocenters. The van der Waals surface area contributed by atoms with Crippen LogP contribution in [0.4, 0.5) is 4.39 Å². The summed E-state index contributed by atoms with van der Waals surface area (Å²) in [6.07, 6.45) is -0.589. The van der Waals surface area contributed by atoms with Crippen molar-refractivity contribution in [2.24, 2.45) is 0 Å². The van der Waals surface area contributed by atoms with Crippen LogP contribution in [0.3, 0.4) is 0 Å². The third kappa shape index (κ3) is 3.74. The van der Waals surface area contributed by atoms with Gasteiger partial charge in [-0.05, 0) is 48.4 Å². The predicted octanol–water partition coefficient (Wildman–Crippen LogP) is 3.97. The SMILES string of the molecule is COc1ccc(C(O)CSc2cccc(F)c2)c(C)c1. The van der Waals surface area contributed by atoms with E-state index in [2.05, 4.69) is 0 Å². The van der Waals surface area contributed by atoms with Crippen LogP contribution < -0.4 is 4.74 Å². The fourth-order valence-electron chi connectivity index (χ4n) is 1.97. The molecule has 2 aromatic carbocycles. The Hall–Kier alpha value is -1.52. The van der Waals surface area contributed by atoms with Crippen molar-refractivity contribution in [1.82, 2.24) is 0 Å². The minimum atomic E-state index is -0.589. The summed E-state index contributed by atoms with van der Waals surface area (Å²) in [7, 11) is 1.62. The zero-order valence-electron chi connectivity index (χ0n) is 11.5. The van der Waals surface area contributed by atoms with Gasteiger partial charge in [0, 0.05) is 10.6 Å². The molecule has 2 nitrogen and oxygen atoms in total. The van der Waals surface area contributed by atoms with Crippen LogP contribution in [0.25, 0.3) is 0 Å². The number of hydrogen-bond acceptors (Lipinski definition) is 3. The molecule has 0 aliphatic rings. The molecular weight excluding hydrogens is 275 g/mol. The van der Waals surface area contributed by atoms with E-state index in [9.17, 15) is 9.50 Å². The highest BCUT2D eigenvalue weighted by Crippen LogP contribution is 2.28. The summed E-state index contributed by atoms with van der Waals surface area (Å²) in [5.41, 5.74) is 1.85. The Morgan fingerprint density at radius 3 is 2.70 bits per heavy atom. The Morgan fingerprint density at radius 1 is 1.25 bits per heavy atom. The minimum absolute atomic E-state index is 0.259. The highest BCUT2D eigenvalue weighted by atomic mass is 32.2. The van der Waals surface area contributed by atoms with Crippen molar-refractivity contribution in [3.63, 3.8) is 0 Å². The average Bonchev–Trinajstić information content (AvgIpc) is 2.44. The smallest absolute Gasteiger partial charge is 0.124 e. The van der Waals surface area contributed by atoms with Gasteiger partial charge in [-0.15, -0.1) is 11.8 Å². The van der Waals surface area contributed by atoms with Gasteiger partial charge in [-0.2, -0.15) is 0 Å². The molecule has 0 radical (unpaired) electrons. The molecule has 0 bridgehead atoms. The fraction of sp³-hybridized carbons (Fsp3) is 0.250. The Morgan fingerprint density at radius 2 is 2.05 bits per heavy atom. The highest BCUT2D eigenvalue weighted by Gasteiger charge is 2.12. The van der Waals surface area contributed by atoms with Gasteiger partial charge in [-0.3, -0.25) is 0 Å². The molecule has 0 aromatic heterocycles. The minimum Gasteiger partial charge on any atom is -0.497 e. The number of aliphatic hydroxyl groups is 1. The first-order valence-corrected chi connectivity index (χ1v) is 7.29.